The van der Waals surface area contributed by atoms with Crippen molar-refractivity contribution in [2.24, 2.45) is 28.8 Å². The summed E-state index contributed by atoms with van der Waals surface area (Å²) in [5, 5.41) is 5.36. The van der Waals surface area contributed by atoms with Crippen molar-refractivity contribution in [1.29, 1.82) is 0 Å². The first kappa shape index (κ1) is 20.6. The number of hydrogen-bond donors (Lipinski definition) is 0. The van der Waals surface area contributed by atoms with E-state index in [1.807, 2.05) is 42.5 Å². The van der Waals surface area contributed by atoms with Crippen molar-refractivity contribution in [1.82, 2.24) is 5.01 Å². The Morgan fingerprint density at radius 2 is 1.55 bits per heavy atom. The summed E-state index contributed by atoms with van der Waals surface area (Å²) < 4.78 is 7.47. The Kier molecular flexibility index (Phi) is 5.56. The third-order valence-electron chi connectivity index (χ3n) is 6.30. The smallest absolute Gasteiger partial charge is 0.254 e. The third kappa shape index (κ3) is 3.78. The van der Waals surface area contributed by atoms with Gasteiger partial charge >= 0.3 is 0 Å². The second-order valence-electron chi connectivity index (χ2n) is 8.16. The Labute approximate surface area is 197 Å². The molecule has 1 heterocycles. The van der Waals surface area contributed by atoms with Gasteiger partial charge in [0.1, 0.15) is 12.4 Å². The maximum Gasteiger partial charge on any atom is 0.254 e. The molecule has 3 aliphatic carbocycles. The fraction of sp³-hybridized carbons (Fsp3) is 0.292. The van der Waals surface area contributed by atoms with Crippen molar-refractivity contribution in [2.75, 3.05) is 0 Å². The number of nitrogens with zero attached hydrogens (tertiary/aromatic N) is 2. The van der Waals surface area contributed by atoms with Crippen LogP contribution in [0.3, 0.4) is 0 Å². The molecule has 0 radical (unpaired) electrons. The Morgan fingerprint density at radius 1 is 0.968 bits per heavy atom. The molecule has 2 fully saturated rings. The van der Waals surface area contributed by atoms with Crippen LogP contribution in [0.15, 0.2) is 68.7 Å². The van der Waals surface area contributed by atoms with Crippen LogP contribution in [0.2, 0.25) is 0 Å². The largest absolute Gasteiger partial charge is 0.487 e. The summed E-state index contributed by atoms with van der Waals surface area (Å²) in [7, 11) is 0. The zero-order valence-electron chi connectivity index (χ0n) is 16.6. The molecule has 2 aromatic carbocycles. The monoisotopic (exact) mass is 542 g/mol. The van der Waals surface area contributed by atoms with E-state index in [0.717, 1.165) is 37.9 Å². The lowest BCUT2D eigenvalue weighted by molar-refractivity contribution is -0.140. The van der Waals surface area contributed by atoms with Crippen molar-refractivity contribution in [3.05, 3.63) is 74.7 Å². The van der Waals surface area contributed by atoms with Crippen molar-refractivity contribution >= 4 is 49.9 Å². The third-order valence-corrected chi connectivity index (χ3v) is 7.48. The minimum absolute atomic E-state index is 0.163. The number of imide groups is 1. The molecular weight excluding hydrogens is 524 g/mol. The van der Waals surface area contributed by atoms with E-state index in [9.17, 15) is 9.59 Å². The molecule has 5 nitrogen and oxygen atoms in total. The SMILES string of the molecule is O=C1[C@@H]2[C@@H](C(=O)N1/N=C\c1cc(Br)c(OCc3ccccc3)c(Br)c1)[C@H]1C=C[C@H]2CC1. The highest BCUT2D eigenvalue weighted by Gasteiger charge is 2.56. The highest BCUT2D eigenvalue weighted by atomic mass is 79.9. The van der Waals surface area contributed by atoms with Gasteiger partial charge in [-0.1, -0.05) is 42.5 Å². The molecule has 6 rings (SSSR count). The molecule has 2 amide bonds. The predicted molar refractivity (Wildman–Crippen MR) is 124 cm³/mol. The molecule has 4 atom stereocenters. The number of carbonyl (C=O) groups is 2. The molecule has 7 heteroatoms. The second-order valence-corrected chi connectivity index (χ2v) is 9.87. The predicted octanol–water partition coefficient (Wildman–Crippen LogP) is 5.32. The summed E-state index contributed by atoms with van der Waals surface area (Å²) in [5.41, 5.74) is 1.82. The lowest BCUT2D eigenvalue weighted by atomic mass is 9.63. The normalized spacial score (nSPS) is 26.7. The van der Waals surface area contributed by atoms with E-state index in [4.69, 9.17) is 4.74 Å². The van der Waals surface area contributed by atoms with Crippen LogP contribution in [-0.2, 0) is 16.2 Å². The summed E-state index contributed by atoms with van der Waals surface area (Å²) in [4.78, 5) is 25.8. The van der Waals surface area contributed by atoms with Gasteiger partial charge in [0.05, 0.1) is 27.0 Å². The number of benzene rings is 2. The first-order valence-electron chi connectivity index (χ1n) is 10.3. The van der Waals surface area contributed by atoms with E-state index in [-0.39, 0.29) is 35.5 Å². The molecule has 31 heavy (non-hydrogen) atoms. The molecule has 2 aromatic rings. The fourth-order valence-corrected chi connectivity index (χ4v) is 6.27. The van der Waals surface area contributed by atoms with Crippen LogP contribution in [0.4, 0.5) is 0 Å². The number of hydrogen-bond acceptors (Lipinski definition) is 4. The first-order chi connectivity index (χ1) is 15.0. The average Bonchev–Trinajstić information content (AvgIpc) is 3.05. The molecule has 158 valence electrons. The summed E-state index contributed by atoms with van der Waals surface area (Å²) in [6.07, 6.45) is 7.72. The average molecular weight is 544 g/mol. The summed E-state index contributed by atoms with van der Waals surface area (Å²) in [5.74, 6) is 0.161. The maximum absolute atomic E-state index is 12.9. The standard InChI is InChI=1S/C24H20Br2N2O3/c25-18-10-15(11-19(26)22(18)31-13-14-4-2-1-3-5-14)12-27-28-23(29)20-16-6-7-17(9-8-16)21(20)24(28)30/h1-7,10-12,16-17,20-21H,8-9,13H2/b27-12-/t16-,17-,20-,21-/m0/s1. The molecule has 4 aliphatic rings. The van der Waals surface area contributed by atoms with Gasteiger partial charge in [-0.2, -0.15) is 10.1 Å². The van der Waals surface area contributed by atoms with E-state index in [1.165, 1.54) is 0 Å². The number of rotatable bonds is 5. The van der Waals surface area contributed by atoms with Crippen LogP contribution in [0, 0.1) is 23.7 Å². The Balaban J connectivity index is 1.32. The Hall–Kier alpha value is -2.25. The van der Waals surface area contributed by atoms with Crippen LogP contribution in [0.1, 0.15) is 24.0 Å². The van der Waals surface area contributed by atoms with Gasteiger partial charge in [0, 0.05) is 0 Å². The molecule has 1 aliphatic heterocycles. The molecular formula is C24H20Br2N2O3. The Morgan fingerprint density at radius 3 is 2.10 bits per heavy atom. The van der Waals surface area contributed by atoms with Gasteiger partial charge in [-0.3, -0.25) is 9.59 Å². The van der Waals surface area contributed by atoms with Gasteiger partial charge in [-0.15, -0.1) is 0 Å². The summed E-state index contributed by atoms with van der Waals surface area (Å²) in [6.45, 7) is 0.446. The first-order valence-corrected chi connectivity index (χ1v) is 11.9. The molecule has 1 saturated carbocycles. The van der Waals surface area contributed by atoms with Crippen LogP contribution in [0.5, 0.6) is 5.75 Å². The molecule has 1 saturated heterocycles. The minimum Gasteiger partial charge on any atom is -0.487 e. The van der Waals surface area contributed by atoms with E-state index in [2.05, 4.69) is 49.1 Å². The van der Waals surface area contributed by atoms with Gasteiger partial charge in [-0.05, 0) is 79.8 Å². The van der Waals surface area contributed by atoms with Gasteiger partial charge in [0.2, 0.25) is 0 Å². The number of carbonyl (C=O) groups excluding carboxylic acids is 2. The summed E-state index contributed by atoms with van der Waals surface area (Å²) >= 11 is 7.10. The minimum atomic E-state index is -0.249. The zero-order valence-corrected chi connectivity index (χ0v) is 19.8. The zero-order chi connectivity index (χ0) is 21.5. The quantitative estimate of drug-likeness (QED) is 0.291. The molecule has 0 aromatic heterocycles. The van der Waals surface area contributed by atoms with Crippen molar-refractivity contribution in [3.8, 4) is 5.75 Å². The van der Waals surface area contributed by atoms with Gasteiger partial charge in [0.25, 0.3) is 11.8 Å². The van der Waals surface area contributed by atoms with Crippen LogP contribution >= 0.6 is 31.9 Å². The van der Waals surface area contributed by atoms with Crippen LogP contribution < -0.4 is 4.74 Å². The topological polar surface area (TPSA) is 59.0 Å². The summed E-state index contributed by atoms with van der Waals surface area (Å²) in [6, 6.07) is 13.6. The number of amides is 2. The second kappa shape index (κ2) is 8.36. The van der Waals surface area contributed by atoms with E-state index in [1.54, 1.807) is 6.21 Å². The number of fused-ring (bicyclic) bond motifs is 1. The number of halogens is 2. The number of allylic oxidation sites excluding steroid dienone is 2. The van der Waals surface area contributed by atoms with Gasteiger partial charge in [0.15, 0.2) is 0 Å². The maximum atomic E-state index is 12.9. The highest BCUT2D eigenvalue weighted by Crippen LogP contribution is 2.49. The lowest BCUT2D eigenvalue weighted by Gasteiger charge is -2.37. The van der Waals surface area contributed by atoms with Crippen molar-refractivity contribution in [2.45, 2.75) is 19.4 Å². The lowest BCUT2D eigenvalue weighted by Crippen LogP contribution is -2.38. The van der Waals surface area contributed by atoms with Crippen molar-refractivity contribution < 1.29 is 14.3 Å². The van der Waals surface area contributed by atoms with Crippen molar-refractivity contribution in [3.63, 3.8) is 0 Å². The van der Waals surface area contributed by atoms with Gasteiger partial charge < -0.3 is 4.74 Å². The van der Waals surface area contributed by atoms with E-state index < -0.39 is 0 Å². The van der Waals surface area contributed by atoms with E-state index in [0.29, 0.717) is 12.4 Å². The molecule has 0 N–H and O–H groups in total. The molecule has 2 bridgehead atoms. The Bertz CT molecular complexity index is 1040. The highest BCUT2D eigenvalue weighted by molar-refractivity contribution is 9.11. The fourth-order valence-electron chi connectivity index (χ4n) is 4.82. The van der Waals surface area contributed by atoms with Gasteiger partial charge in [-0.25, -0.2) is 0 Å². The molecule has 0 unspecified atom stereocenters. The van der Waals surface area contributed by atoms with Crippen LogP contribution in [-0.4, -0.2) is 23.0 Å². The van der Waals surface area contributed by atoms with E-state index >= 15 is 0 Å². The number of hydrazone groups is 1. The molecule has 0 spiro atoms. The van der Waals surface area contributed by atoms with Crippen LogP contribution in [0.25, 0.3) is 0 Å². The number of ether oxygens (including phenoxy) is 1.